The van der Waals surface area contributed by atoms with Gasteiger partial charge in [-0.25, -0.2) is 4.68 Å². The molecule has 0 fully saturated rings. The van der Waals surface area contributed by atoms with Crippen molar-refractivity contribution in [1.29, 1.82) is 0 Å². The molecular weight excluding hydrogens is 682 g/mol. The van der Waals surface area contributed by atoms with Gasteiger partial charge in [0.05, 0.1) is 23.9 Å². The van der Waals surface area contributed by atoms with Gasteiger partial charge in [0.25, 0.3) is 5.56 Å². The highest BCUT2D eigenvalue weighted by molar-refractivity contribution is 7.15. The number of rotatable bonds is 13. The van der Waals surface area contributed by atoms with Crippen LogP contribution in [0, 0.1) is 0 Å². The zero-order valence-electron chi connectivity index (χ0n) is 28.0. The van der Waals surface area contributed by atoms with E-state index in [1.54, 1.807) is 13.2 Å². The van der Waals surface area contributed by atoms with Crippen LogP contribution in [0.5, 0.6) is 17.2 Å². The maximum absolute atomic E-state index is 13.6. The monoisotopic (exact) mass is 715 g/mol. The summed E-state index contributed by atoms with van der Waals surface area (Å²) >= 11 is 7.29. The molecule has 4 aromatic carbocycles. The van der Waals surface area contributed by atoms with Gasteiger partial charge in [-0.05, 0) is 90.4 Å². The van der Waals surface area contributed by atoms with Crippen LogP contribution in [-0.4, -0.2) is 38.1 Å². The van der Waals surface area contributed by atoms with Crippen molar-refractivity contribution in [3.8, 4) is 34.2 Å². The molecule has 0 saturated heterocycles. The van der Waals surface area contributed by atoms with Crippen LogP contribution in [0.1, 0.15) is 42.3 Å². The molecule has 11 heteroatoms. The van der Waals surface area contributed by atoms with Crippen LogP contribution in [0.15, 0.2) is 108 Å². The average Bonchev–Trinajstić information content (AvgIpc) is 3.85. The van der Waals surface area contributed by atoms with E-state index in [4.69, 9.17) is 30.9 Å². The summed E-state index contributed by atoms with van der Waals surface area (Å²) in [4.78, 5) is 18.7. The van der Waals surface area contributed by atoms with Crippen molar-refractivity contribution in [2.75, 3.05) is 13.7 Å². The largest absolute Gasteiger partial charge is 0.493 e. The molecule has 256 valence electrons. The lowest BCUT2D eigenvalue weighted by molar-refractivity contribution is 0.288. The van der Waals surface area contributed by atoms with Crippen LogP contribution in [0.4, 0.5) is 0 Å². The van der Waals surface area contributed by atoms with Gasteiger partial charge in [0.1, 0.15) is 18.1 Å². The number of hydrogen-bond acceptors (Lipinski definition) is 8. The lowest BCUT2D eigenvalue weighted by Gasteiger charge is -2.10. The highest BCUT2D eigenvalue weighted by Gasteiger charge is 2.15. The fourth-order valence-corrected chi connectivity index (χ4v) is 6.38. The van der Waals surface area contributed by atoms with E-state index in [2.05, 4.69) is 17.0 Å². The molecule has 0 amide bonds. The number of ether oxygens (including phenoxy) is 3. The van der Waals surface area contributed by atoms with Gasteiger partial charge < -0.3 is 14.2 Å². The molecule has 9 nitrogen and oxygen atoms in total. The summed E-state index contributed by atoms with van der Waals surface area (Å²) in [7, 11) is 1.62. The third-order valence-corrected chi connectivity index (χ3v) is 9.27. The van der Waals surface area contributed by atoms with Gasteiger partial charge in [0.2, 0.25) is 4.96 Å². The minimum absolute atomic E-state index is 0.248. The number of hydrogen-bond donors (Lipinski definition) is 0. The summed E-state index contributed by atoms with van der Waals surface area (Å²) in [5.41, 5.74) is 4.96. The summed E-state index contributed by atoms with van der Waals surface area (Å²) in [6, 6.07) is 30.9. The van der Waals surface area contributed by atoms with Crippen LogP contribution >= 0.6 is 22.9 Å². The molecule has 0 aliphatic rings. The van der Waals surface area contributed by atoms with Gasteiger partial charge >= 0.3 is 0 Å². The number of benzene rings is 4. The summed E-state index contributed by atoms with van der Waals surface area (Å²) in [5.74, 6) is 2.52. The summed E-state index contributed by atoms with van der Waals surface area (Å²) in [6.45, 7) is 3.19. The molecule has 7 rings (SSSR count). The molecule has 0 radical (unpaired) electrons. The van der Waals surface area contributed by atoms with Crippen LogP contribution in [-0.2, 0) is 6.61 Å². The van der Waals surface area contributed by atoms with E-state index in [0.717, 1.165) is 52.2 Å². The lowest BCUT2D eigenvalue weighted by Crippen LogP contribution is -2.23. The van der Waals surface area contributed by atoms with E-state index in [1.165, 1.54) is 15.9 Å². The Balaban J connectivity index is 1.15. The number of unbranched alkanes of at least 4 members (excludes halogenated alkanes) is 1. The SMILES string of the molecule is CCCCOc1ccc(/C=C/c2nc3s/c(=C\c4cn(-c5ccccc5)nc4-c4ccc(OCc5ccc(Cl)cc5)cc4)c(=O)n3n2)cc1OC. The van der Waals surface area contributed by atoms with Gasteiger partial charge in [-0.15, -0.1) is 5.10 Å². The second-order valence-corrected chi connectivity index (χ2v) is 13.1. The van der Waals surface area contributed by atoms with Crippen LogP contribution in [0.25, 0.3) is 40.1 Å². The highest BCUT2D eigenvalue weighted by atomic mass is 35.5. The quantitative estimate of drug-likeness (QED) is 0.111. The molecule has 3 aromatic heterocycles. The Kier molecular flexibility index (Phi) is 10.2. The van der Waals surface area contributed by atoms with Gasteiger partial charge in [-0.2, -0.15) is 14.6 Å². The minimum Gasteiger partial charge on any atom is -0.493 e. The van der Waals surface area contributed by atoms with Crippen LogP contribution in [0.2, 0.25) is 5.02 Å². The Morgan fingerprint density at radius 1 is 0.882 bits per heavy atom. The first-order valence-electron chi connectivity index (χ1n) is 16.5. The maximum Gasteiger partial charge on any atom is 0.291 e. The fourth-order valence-electron chi connectivity index (χ4n) is 5.35. The molecule has 0 N–H and O–H groups in total. The Morgan fingerprint density at radius 3 is 2.43 bits per heavy atom. The summed E-state index contributed by atoms with van der Waals surface area (Å²) < 4.78 is 21.0. The number of fused-ring (bicyclic) bond motifs is 1. The zero-order chi connectivity index (χ0) is 35.2. The number of thiazole rings is 1. The summed E-state index contributed by atoms with van der Waals surface area (Å²) in [5, 5.41) is 10.1. The molecule has 0 bridgehead atoms. The first-order valence-corrected chi connectivity index (χ1v) is 17.7. The predicted molar refractivity (Wildman–Crippen MR) is 203 cm³/mol. The van der Waals surface area contributed by atoms with Crippen LogP contribution < -0.4 is 24.3 Å². The van der Waals surface area contributed by atoms with Crippen molar-refractivity contribution < 1.29 is 14.2 Å². The molecule has 0 aliphatic heterocycles. The third kappa shape index (κ3) is 7.88. The highest BCUT2D eigenvalue weighted by Crippen LogP contribution is 2.30. The predicted octanol–water partition coefficient (Wildman–Crippen LogP) is 8.14. The smallest absolute Gasteiger partial charge is 0.291 e. The number of para-hydroxylation sites is 1. The van der Waals surface area contributed by atoms with Crippen molar-refractivity contribution in [2.45, 2.75) is 26.4 Å². The Labute approximate surface area is 303 Å². The molecule has 0 aliphatic carbocycles. The van der Waals surface area contributed by atoms with Gasteiger partial charge in [-0.1, -0.05) is 78.8 Å². The molecule has 0 unspecified atom stereocenters. The van der Waals surface area contributed by atoms with E-state index in [0.29, 0.717) is 45.1 Å². The topological polar surface area (TPSA) is 92.8 Å². The molecule has 51 heavy (non-hydrogen) atoms. The maximum atomic E-state index is 13.6. The first kappa shape index (κ1) is 33.8. The first-order chi connectivity index (χ1) is 25.0. The molecular formula is C40H34ClN5O4S. The Bertz CT molecular complexity index is 2400. The van der Waals surface area contributed by atoms with Gasteiger partial charge in [-0.3, -0.25) is 4.79 Å². The number of halogens is 1. The van der Waals surface area contributed by atoms with Crippen molar-refractivity contribution in [1.82, 2.24) is 24.4 Å². The normalized spacial score (nSPS) is 11.9. The van der Waals surface area contributed by atoms with E-state index in [1.807, 2.05) is 120 Å². The van der Waals surface area contributed by atoms with E-state index in [9.17, 15) is 4.79 Å². The van der Waals surface area contributed by atoms with E-state index >= 15 is 0 Å². The molecule has 0 atom stereocenters. The lowest BCUT2D eigenvalue weighted by atomic mass is 10.1. The fraction of sp³-hybridized carbons (Fsp3) is 0.150. The third-order valence-electron chi connectivity index (χ3n) is 8.06. The molecule has 0 saturated carbocycles. The number of nitrogens with zero attached hydrogens (tertiary/aromatic N) is 5. The molecule has 7 aromatic rings. The standard InChI is InChI=1S/C40H34ClN5O4S/c1-3-4-22-49-34-20-12-27(23-35(34)48-2)13-21-37-42-40-46(43-37)39(47)36(51-40)24-30-25-45(32-8-6-5-7-9-32)44-38(30)29-14-18-33(19-15-29)50-26-28-10-16-31(41)17-11-28/h5-21,23-25H,3-4,22,26H2,1-2H3/b21-13+,36-24-. The molecule has 3 heterocycles. The summed E-state index contributed by atoms with van der Waals surface area (Å²) in [6.07, 6.45) is 9.47. The van der Waals surface area contributed by atoms with E-state index < -0.39 is 0 Å². The van der Waals surface area contributed by atoms with Crippen molar-refractivity contribution in [3.05, 3.63) is 146 Å². The Morgan fingerprint density at radius 2 is 1.69 bits per heavy atom. The van der Waals surface area contributed by atoms with Crippen molar-refractivity contribution in [2.24, 2.45) is 0 Å². The number of methoxy groups -OCH3 is 1. The van der Waals surface area contributed by atoms with Gasteiger partial charge in [0.15, 0.2) is 17.3 Å². The van der Waals surface area contributed by atoms with Crippen molar-refractivity contribution >= 4 is 46.1 Å². The molecule has 0 spiro atoms. The minimum atomic E-state index is -0.248. The number of aromatic nitrogens is 5. The zero-order valence-corrected chi connectivity index (χ0v) is 29.6. The van der Waals surface area contributed by atoms with Gasteiger partial charge in [0, 0.05) is 22.3 Å². The second kappa shape index (κ2) is 15.5. The second-order valence-electron chi connectivity index (χ2n) is 11.7. The average molecular weight is 716 g/mol. The van der Waals surface area contributed by atoms with Crippen LogP contribution in [0.3, 0.4) is 0 Å². The Hall–Kier alpha value is -5.71. The van der Waals surface area contributed by atoms with E-state index in [-0.39, 0.29) is 5.56 Å². The van der Waals surface area contributed by atoms with Crippen molar-refractivity contribution in [3.63, 3.8) is 0 Å².